The Morgan fingerprint density at radius 1 is 1.09 bits per heavy atom. The van der Waals surface area contributed by atoms with E-state index < -0.39 is 20.6 Å². The van der Waals surface area contributed by atoms with Crippen molar-refractivity contribution in [3.8, 4) is 5.75 Å². The third-order valence-corrected chi connectivity index (χ3v) is 8.33. The van der Waals surface area contributed by atoms with Crippen LogP contribution in [0.4, 0.5) is 0 Å². The number of benzene rings is 2. The molecule has 4 rings (SSSR count). The fraction of sp³-hybridized carbons (Fsp3) is 0.278. The Hall–Kier alpha value is -1.60. The molecular formula is C18H17IO4. The van der Waals surface area contributed by atoms with Crippen molar-refractivity contribution in [2.24, 2.45) is 0 Å². The first-order valence-corrected chi connectivity index (χ1v) is 10.4. The molecule has 1 fully saturated rings. The zero-order valence-corrected chi connectivity index (χ0v) is 14.9. The molecule has 5 heteroatoms. The van der Waals surface area contributed by atoms with Crippen molar-refractivity contribution in [3.63, 3.8) is 0 Å². The van der Waals surface area contributed by atoms with Gasteiger partial charge in [-0.2, -0.15) is 0 Å². The number of rotatable bonds is 4. The van der Waals surface area contributed by atoms with Gasteiger partial charge in [0.1, 0.15) is 0 Å². The molecule has 0 bridgehead atoms. The van der Waals surface area contributed by atoms with Crippen LogP contribution in [0.1, 0.15) is 35.2 Å². The molecule has 0 aromatic heterocycles. The average Bonchev–Trinajstić information content (AvgIpc) is 2.88. The van der Waals surface area contributed by atoms with Crippen LogP contribution in [-0.4, -0.2) is 13.1 Å². The predicted molar refractivity (Wildman–Crippen MR) is 94.2 cm³/mol. The maximum absolute atomic E-state index is 12.0. The van der Waals surface area contributed by atoms with Crippen molar-refractivity contribution in [3.05, 3.63) is 63.2 Å². The van der Waals surface area contributed by atoms with E-state index in [-0.39, 0.29) is 11.6 Å². The van der Waals surface area contributed by atoms with Gasteiger partial charge in [-0.3, -0.25) is 0 Å². The summed E-state index contributed by atoms with van der Waals surface area (Å²) < 4.78 is 18.3. The van der Waals surface area contributed by atoms with Crippen LogP contribution in [0.3, 0.4) is 0 Å². The maximum atomic E-state index is 12.0. The number of hydrogen-bond donors (Lipinski definition) is 0. The topological polar surface area (TPSA) is 44.8 Å². The van der Waals surface area contributed by atoms with Gasteiger partial charge >= 0.3 is 143 Å². The van der Waals surface area contributed by atoms with Crippen LogP contribution in [0.2, 0.25) is 0 Å². The molecule has 0 spiro atoms. The van der Waals surface area contributed by atoms with Crippen molar-refractivity contribution in [1.82, 2.24) is 0 Å². The van der Waals surface area contributed by atoms with Crippen LogP contribution in [0.15, 0.2) is 48.5 Å². The number of carbonyl (C=O) groups excluding carboxylic acids is 1. The number of methoxy groups -OCH3 is 1. The minimum atomic E-state index is -2.40. The summed E-state index contributed by atoms with van der Waals surface area (Å²) in [6.07, 6.45) is 3.06. The van der Waals surface area contributed by atoms with Crippen molar-refractivity contribution in [2.75, 3.05) is 7.11 Å². The summed E-state index contributed by atoms with van der Waals surface area (Å²) in [5, 5.41) is 0. The zero-order valence-electron chi connectivity index (χ0n) is 12.8. The second-order valence-electron chi connectivity index (χ2n) is 5.72. The molecule has 1 aliphatic carbocycles. The molecule has 1 aliphatic heterocycles. The SMILES string of the molecule is COc1ccc(C2(OI3OC(=O)c4ccccc43)CCC2)cc1. The first kappa shape index (κ1) is 15.0. The number of fused-ring (bicyclic) bond motifs is 1. The quantitative estimate of drug-likeness (QED) is 0.680. The number of halogens is 1. The Morgan fingerprint density at radius 2 is 1.83 bits per heavy atom. The van der Waals surface area contributed by atoms with E-state index >= 15 is 0 Å². The van der Waals surface area contributed by atoms with Crippen LogP contribution in [0, 0.1) is 3.57 Å². The molecule has 4 nitrogen and oxygen atoms in total. The van der Waals surface area contributed by atoms with Gasteiger partial charge in [0.2, 0.25) is 0 Å². The Morgan fingerprint density at radius 3 is 2.48 bits per heavy atom. The fourth-order valence-corrected chi connectivity index (χ4v) is 6.90. The van der Waals surface area contributed by atoms with Crippen LogP contribution in [-0.2, 0) is 11.7 Å². The Labute approximate surface area is 143 Å². The van der Waals surface area contributed by atoms with Gasteiger partial charge in [-0.05, 0) is 0 Å². The van der Waals surface area contributed by atoms with Crippen molar-refractivity contribution < 1.29 is 15.7 Å². The molecule has 0 atom stereocenters. The van der Waals surface area contributed by atoms with Crippen molar-refractivity contribution in [2.45, 2.75) is 24.9 Å². The summed E-state index contributed by atoms with van der Waals surface area (Å²) in [6, 6.07) is 15.6. The average molecular weight is 424 g/mol. The molecule has 0 unspecified atom stereocenters. The first-order valence-electron chi connectivity index (χ1n) is 7.58. The first-order chi connectivity index (χ1) is 11.2. The van der Waals surface area contributed by atoms with Gasteiger partial charge < -0.3 is 0 Å². The van der Waals surface area contributed by atoms with Gasteiger partial charge in [-0.25, -0.2) is 0 Å². The zero-order chi connectivity index (χ0) is 15.9. The third kappa shape index (κ3) is 2.52. The van der Waals surface area contributed by atoms with E-state index in [0.29, 0.717) is 5.56 Å². The van der Waals surface area contributed by atoms with E-state index in [0.717, 1.165) is 34.1 Å². The van der Waals surface area contributed by atoms with Crippen LogP contribution >= 0.6 is 20.6 Å². The molecule has 0 radical (unpaired) electrons. The molecule has 0 N–H and O–H groups in total. The minimum absolute atomic E-state index is 0.241. The number of carbonyl (C=O) groups is 1. The molecule has 120 valence electrons. The van der Waals surface area contributed by atoms with Crippen LogP contribution in [0.5, 0.6) is 5.75 Å². The Balaban J connectivity index is 1.62. The molecule has 0 saturated heterocycles. The summed E-state index contributed by atoms with van der Waals surface area (Å²) in [4.78, 5) is 12.0. The molecular weight excluding hydrogens is 407 g/mol. The van der Waals surface area contributed by atoms with Gasteiger partial charge in [-0.15, -0.1) is 0 Å². The normalized spacial score (nSPS) is 19.7. The van der Waals surface area contributed by atoms with E-state index in [4.69, 9.17) is 10.9 Å². The molecule has 23 heavy (non-hydrogen) atoms. The summed E-state index contributed by atoms with van der Waals surface area (Å²) >= 11 is -2.40. The molecule has 2 aliphatic rings. The molecule has 1 heterocycles. The van der Waals surface area contributed by atoms with E-state index in [1.54, 1.807) is 7.11 Å². The molecule has 2 aromatic rings. The third-order valence-electron chi connectivity index (χ3n) is 4.40. The van der Waals surface area contributed by atoms with Crippen LogP contribution in [0.25, 0.3) is 0 Å². The Kier molecular flexibility index (Phi) is 3.77. The predicted octanol–water partition coefficient (Wildman–Crippen LogP) is 4.47. The van der Waals surface area contributed by atoms with E-state index in [2.05, 4.69) is 12.1 Å². The summed E-state index contributed by atoms with van der Waals surface area (Å²) in [7, 11) is 1.66. The second-order valence-corrected chi connectivity index (χ2v) is 9.00. The molecule has 1 saturated carbocycles. The summed E-state index contributed by atoms with van der Waals surface area (Å²) in [5.74, 6) is 0.592. The van der Waals surface area contributed by atoms with Gasteiger partial charge in [0, 0.05) is 0 Å². The van der Waals surface area contributed by atoms with Crippen LogP contribution < -0.4 is 4.74 Å². The number of hydrogen-bond acceptors (Lipinski definition) is 4. The van der Waals surface area contributed by atoms with Crippen molar-refractivity contribution >= 4 is 26.6 Å². The molecule has 0 amide bonds. The standard InChI is InChI=1S/C18H17IO4/c1-21-14-9-7-13(8-10-14)18(11-4-12-18)23-19-16-6-3-2-5-15(16)17(20)22-19/h2-3,5-10H,4,11-12H2,1H3. The fourth-order valence-electron chi connectivity index (χ4n) is 2.90. The summed E-state index contributed by atoms with van der Waals surface area (Å²) in [6.45, 7) is 0. The molecule has 2 aromatic carbocycles. The second kappa shape index (κ2) is 5.79. The van der Waals surface area contributed by atoms with Crippen molar-refractivity contribution in [1.29, 1.82) is 0 Å². The van der Waals surface area contributed by atoms with Gasteiger partial charge in [0.05, 0.1) is 0 Å². The van der Waals surface area contributed by atoms with E-state index in [1.807, 2.05) is 36.4 Å². The van der Waals surface area contributed by atoms with E-state index in [9.17, 15) is 4.79 Å². The van der Waals surface area contributed by atoms with E-state index in [1.165, 1.54) is 0 Å². The van der Waals surface area contributed by atoms with Gasteiger partial charge in [0.25, 0.3) is 0 Å². The number of ether oxygens (including phenoxy) is 1. The summed E-state index contributed by atoms with van der Waals surface area (Å²) in [5.41, 5.74) is 1.50. The Bertz CT molecular complexity index is 737. The monoisotopic (exact) mass is 424 g/mol. The van der Waals surface area contributed by atoms with Gasteiger partial charge in [-0.1, -0.05) is 0 Å². The van der Waals surface area contributed by atoms with Gasteiger partial charge in [0.15, 0.2) is 0 Å².